The van der Waals surface area contributed by atoms with Crippen molar-refractivity contribution in [1.29, 1.82) is 0 Å². The lowest BCUT2D eigenvalue weighted by molar-refractivity contribution is -0.148. The van der Waals surface area contributed by atoms with Gasteiger partial charge in [0.05, 0.1) is 0 Å². The number of rotatable bonds is 8. The molecule has 4 N–H and O–H groups in total. The van der Waals surface area contributed by atoms with Crippen LogP contribution in [0.5, 0.6) is 0 Å². The van der Waals surface area contributed by atoms with Crippen LogP contribution >= 0.6 is 34.9 Å². The van der Waals surface area contributed by atoms with E-state index in [-0.39, 0.29) is 9.37 Å². The van der Waals surface area contributed by atoms with Crippen molar-refractivity contribution in [3.05, 3.63) is 5.38 Å². The molecule has 21 heavy (non-hydrogen) atoms. The highest BCUT2D eigenvalue weighted by atomic mass is 32.2. The summed E-state index contributed by atoms with van der Waals surface area (Å²) in [6.45, 7) is 0. The third kappa shape index (κ3) is 4.91. The van der Waals surface area contributed by atoms with Crippen LogP contribution in [0.2, 0.25) is 0 Å². The lowest BCUT2D eigenvalue weighted by Gasteiger charge is -2.04. The SMILES string of the molecule is O=C(O)C(Sc1csc(SC(C(=O)O)C(=O)O)n1)C(=O)O. The zero-order valence-corrected chi connectivity index (χ0v) is 12.3. The van der Waals surface area contributed by atoms with Crippen molar-refractivity contribution in [3.8, 4) is 0 Å². The summed E-state index contributed by atoms with van der Waals surface area (Å²) in [6, 6.07) is 0. The number of thiazole rings is 1. The first-order chi connectivity index (χ1) is 9.72. The fraction of sp³-hybridized carbons (Fsp3) is 0.222. The van der Waals surface area contributed by atoms with Gasteiger partial charge in [-0.15, -0.1) is 11.3 Å². The first-order valence-corrected chi connectivity index (χ1v) is 7.56. The second-order valence-corrected chi connectivity index (χ2v) is 6.64. The number of thioether (sulfide) groups is 2. The lowest BCUT2D eigenvalue weighted by atomic mass is 10.4. The van der Waals surface area contributed by atoms with E-state index in [1.165, 1.54) is 5.38 Å². The molecule has 0 aliphatic rings. The molecule has 1 aromatic rings. The van der Waals surface area contributed by atoms with Crippen LogP contribution in [-0.2, 0) is 19.2 Å². The van der Waals surface area contributed by atoms with Crippen LogP contribution < -0.4 is 0 Å². The highest BCUT2D eigenvalue weighted by Crippen LogP contribution is 2.32. The quantitative estimate of drug-likeness (QED) is 0.378. The molecule has 0 atom stereocenters. The summed E-state index contributed by atoms with van der Waals surface area (Å²) >= 11 is 1.83. The highest BCUT2D eigenvalue weighted by Gasteiger charge is 2.30. The number of aromatic nitrogens is 1. The van der Waals surface area contributed by atoms with E-state index >= 15 is 0 Å². The van der Waals surface area contributed by atoms with E-state index in [1.807, 2.05) is 0 Å². The van der Waals surface area contributed by atoms with E-state index in [0.717, 1.165) is 11.3 Å². The van der Waals surface area contributed by atoms with Gasteiger partial charge in [0.1, 0.15) is 5.03 Å². The monoisotopic (exact) mass is 353 g/mol. The smallest absolute Gasteiger partial charge is 0.328 e. The van der Waals surface area contributed by atoms with E-state index in [4.69, 9.17) is 20.4 Å². The van der Waals surface area contributed by atoms with Gasteiger partial charge in [-0.3, -0.25) is 19.2 Å². The van der Waals surface area contributed by atoms with Gasteiger partial charge in [-0.1, -0.05) is 23.5 Å². The summed E-state index contributed by atoms with van der Waals surface area (Å²) in [5, 5.41) is 32.8. The molecule has 0 saturated heterocycles. The van der Waals surface area contributed by atoms with Gasteiger partial charge in [-0.05, 0) is 0 Å². The molecule has 0 fully saturated rings. The van der Waals surface area contributed by atoms with Crippen LogP contribution in [0.15, 0.2) is 14.7 Å². The van der Waals surface area contributed by atoms with Crippen molar-refractivity contribution >= 4 is 58.7 Å². The fourth-order valence-corrected chi connectivity index (χ4v) is 3.67. The third-order valence-electron chi connectivity index (χ3n) is 1.82. The van der Waals surface area contributed by atoms with Gasteiger partial charge < -0.3 is 20.4 Å². The summed E-state index contributed by atoms with van der Waals surface area (Å²) < 4.78 is 0.0850. The zero-order chi connectivity index (χ0) is 16.2. The van der Waals surface area contributed by atoms with Crippen LogP contribution in [0.1, 0.15) is 0 Å². The van der Waals surface area contributed by atoms with Crippen LogP contribution in [-0.4, -0.2) is 59.8 Å². The largest absolute Gasteiger partial charge is 0.480 e. The van der Waals surface area contributed by atoms with Gasteiger partial charge in [0.2, 0.25) is 10.5 Å². The zero-order valence-electron chi connectivity index (χ0n) is 9.83. The summed E-state index contributed by atoms with van der Waals surface area (Å²) in [4.78, 5) is 46.7. The number of hydrogen-bond acceptors (Lipinski definition) is 8. The number of carboxylic acids is 4. The minimum Gasteiger partial charge on any atom is -0.480 e. The van der Waals surface area contributed by atoms with Crippen molar-refractivity contribution in [2.75, 3.05) is 0 Å². The Labute approximate surface area is 129 Å². The molecule has 9 nitrogen and oxygen atoms in total. The molecule has 1 heterocycles. The molecular weight excluding hydrogens is 346 g/mol. The van der Waals surface area contributed by atoms with Gasteiger partial charge in [0.15, 0.2) is 4.34 Å². The molecule has 0 saturated carbocycles. The first kappa shape index (κ1) is 17.3. The van der Waals surface area contributed by atoms with E-state index in [0.29, 0.717) is 23.5 Å². The predicted molar refractivity (Wildman–Crippen MR) is 71.9 cm³/mol. The molecular formula is C9H7NO8S3. The molecule has 114 valence electrons. The summed E-state index contributed by atoms with van der Waals surface area (Å²) in [7, 11) is 0. The second-order valence-electron chi connectivity index (χ2n) is 3.30. The lowest BCUT2D eigenvalue weighted by Crippen LogP contribution is -2.26. The molecule has 0 aromatic carbocycles. The highest BCUT2D eigenvalue weighted by molar-refractivity contribution is 8.03. The molecule has 1 aromatic heterocycles. The van der Waals surface area contributed by atoms with E-state index in [2.05, 4.69) is 4.98 Å². The van der Waals surface area contributed by atoms with Crippen LogP contribution in [0.4, 0.5) is 0 Å². The predicted octanol–water partition coefficient (Wildman–Crippen LogP) is 0.403. The van der Waals surface area contributed by atoms with Gasteiger partial charge in [-0.25, -0.2) is 4.98 Å². The number of carbonyl (C=O) groups is 4. The number of hydrogen-bond donors (Lipinski definition) is 4. The normalized spacial score (nSPS) is 10.8. The maximum atomic E-state index is 10.7. The van der Waals surface area contributed by atoms with E-state index in [1.54, 1.807) is 0 Å². The van der Waals surface area contributed by atoms with E-state index < -0.39 is 34.4 Å². The Morgan fingerprint density at radius 2 is 1.33 bits per heavy atom. The van der Waals surface area contributed by atoms with Crippen LogP contribution in [0.25, 0.3) is 0 Å². The van der Waals surface area contributed by atoms with Crippen LogP contribution in [0.3, 0.4) is 0 Å². The number of carboxylic acid groups (broad SMARTS) is 4. The second kappa shape index (κ2) is 7.28. The average molecular weight is 353 g/mol. The summed E-state index contributed by atoms with van der Waals surface area (Å²) in [5.41, 5.74) is 0. The molecule has 12 heteroatoms. The molecule has 1 rings (SSSR count). The van der Waals surface area contributed by atoms with Crippen molar-refractivity contribution < 1.29 is 39.6 Å². The Bertz CT molecular complexity index is 509. The minimum atomic E-state index is -1.75. The number of aliphatic carboxylic acids is 4. The summed E-state index contributed by atoms with van der Waals surface area (Å²) in [5.74, 6) is -6.20. The minimum absolute atomic E-state index is 0.0619. The van der Waals surface area contributed by atoms with E-state index in [9.17, 15) is 19.2 Å². The molecule has 0 bridgehead atoms. The number of nitrogens with zero attached hydrogens (tertiary/aromatic N) is 1. The first-order valence-electron chi connectivity index (χ1n) is 4.92. The van der Waals surface area contributed by atoms with Gasteiger partial charge in [-0.2, -0.15) is 0 Å². The van der Waals surface area contributed by atoms with Crippen molar-refractivity contribution in [2.45, 2.75) is 19.9 Å². The Balaban J connectivity index is 2.81. The standard InChI is InChI=1S/C9H7NO8S3/c11-5(12)3(6(13)14)20-2-1-19-9(10-2)21-4(7(15)16)8(17)18/h1,3-4H,(H,11,12)(H,13,14)(H,15,16)(H,17,18). The fourth-order valence-electron chi connectivity index (χ4n) is 0.986. The maximum Gasteiger partial charge on any atom is 0.328 e. The Kier molecular flexibility index (Phi) is 5.99. The molecule has 0 unspecified atom stereocenters. The van der Waals surface area contributed by atoms with Crippen LogP contribution in [0, 0.1) is 0 Å². The molecule has 0 aliphatic heterocycles. The third-order valence-corrected chi connectivity index (χ3v) is 5.20. The van der Waals surface area contributed by atoms with Gasteiger partial charge in [0.25, 0.3) is 0 Å². The topological polar surface area (TPSA) is 162 Å². The van der Waals surface area contributed by atoms with Gasteiger partial charge in [0, 0.05) is 5.38 Å². The molecule has 0 spiro atoms. The van der Waals surface area contributed by atoms with Crippen molar-refractivity contribution in [1.82, 2.24) is 4.98 Å². The average Bonchev–Trinajstić information content (AvgIpc) is 2.79. The summed E-state index contributed by atoms with van der Waals surface area (Å²) in [6.07, 6.45) is 0. The van der Waals surface area contributed by atoms with Crippen molar-refractivity contribution in [3.63, 3.8) is 0 Å². The molecule has 0 radical (unpaired) electrons. The maximum absolute atomic E-state index is 10.7. The Morgan fingerprint density at radius 1 is 0.905 bits per heavy atom. The van der Waals surface area contributed by atoms with Gasteiger partial charge >= 0.3 is 23.9 Å². The Hall–Kier alpha value is -1.79. The molecule has 0 aliphatic carbocycles. The molecule has 0 amide bonds. The van der Waals surface area contributed by atoms with Crippen molar-refractivity contribution in [2.24, 2.45) is 0 Å². The Morgan fingerprint density at radius 3 is 1.76 bits per heavy atom.